The topological polar surface area (TPSA) is 256 Å². The van der Waals surface area contributed by atoms with Gasteiger partial charge in [-0.05, 0) is 33.4 Å². The molecule has 5 N–H and O–H groups in total. The second-order valence-corrected chi connectivity index (χ2v) is 27.3. The van der Waals surface area contributed by atoms with Gasteiger partial charge in [-0.2, -0.15) is 8.42 Å². The van der Waals surface area contributed by atoms with Crippen molar-refractivity contribution in [3.8, 4) is 0 Å². The summed E-state index contributed by atoms with van der Waals surface area (Å²) < 4.78 is 60.7. The second-order valence-electron chi connectivity index (χ2n) is 26.3. The molecule has 0 spiro atoms. The van der Waals surface area contributed by atoms with Crippen LogP contribution < -0.4 is 0 Å². The SMILES string of the molecule is O=C(c1ccccc1)C(c1ccccc1)C(O)[C@@]1(C(C(=O)c2ccccc2)c2ccccc2)O[C@](O)(C(C(=O)c2ccccc2)c2ccccc2)[C@@](O)(C(C(=O)c2ccccc2)c2ccccc2)[C@](OS(=O)(=O)O)(C(C(=O)c2ccccc2)c2ccccc2)[C@]1(O)C(C(=O)c1ccccc1)c1ccccc1. The zero-order valence-electron chi connectivity index (χ0n) is 56.9. The molecule has 0 saturated carbocycles. The fourth-order valence-corrected chi connectivity index (χ4v) is 16.7. The van der Waals surface area contributed by atoms with E-state index in [0.717, 1.165) is 0 Å². The van der Waals surface area contributed by atoms with Gasteiger partial charge >= 0.3 is 10.4 Å². The van der Waals surface area contributed by atoms with E-state index in [1.807, 2.05) is 0 Å². The number of hydrogen-bond donors (Lipinski definition) is 5. The number of carbonyl (C=O) groups excluding carboxylic acids is 6. The maximum atomic E-state index is 18.0. The van der Waals surface area contributed by atoms with E-state index in [1.54, 1.807) is 54.6 Å². The van der Waals surface area contributed by atoms with Crippen LogP contribution in [0.15, 0.2) is 364 Å². The van der Waals surface area contributed by atoms with Gasteiger partial charge in [0.25, 0.3) is 0 Å². The first-order valence-corrected chi connectivity index (χ1v) is 35.8. The summed E-state index contributed by atoms with van der Waals surface area (Å²) in [6, 6.07) is 85.7. The Morgan fingerprint density at radius 1 is 0.283 bits per heavy atom. The van der Waals surface area contributed by atoms with Crippen LogP contribution in [0.5, 0.6) is 0 Å². The Morgan fingerprint density at radius 3 is 0.802 bits per heavy atom. The minimum absolute atomic E-state index is 0.133. The van der Waals surface area contributed by atoms with Crippen molar-refractivity contribution in [2.24, 2.45) is 0 Å². The van der Waals surface area contributed by atoms with Crippen LogP contribution in [0.25, 0.3) is 0 Å². The summed E-state index contributed by atoms with van der Waals surface area (Å²) in [5.74, 6) is -28.6. The van der Waals surface area contributed by atoms with Crippen molar-refractivity contribution in [1.82, 2.24) is 0 Å². The molecular weight excluding hydrogens is 1350 g/mol. The number of aliphatic hydroxyl groups excluding tert-OH is 1. The van der Waals surface area contributed by atoms with E-state index in [1.165, 1.54) is 309 Å². The maximum absolute atomic E-state index is 18.0. The van der Waals surface area contributed by atoms with Crippen molar-refractivity contribution in [2.45, 2.75) is 69.8 Å². The summed E-state index contributed by atoms with van der Waals surface area (Å²) in [6.07, 6.45) is -3.20. The van der Waals surface area contributed by atoms with Gasteiger partial charge < -0.3 is 25.2 Å². The first kappa shape index (κ1) is 72.7. The molecule has 0 amide bonds. The fraction of sp³-hybridized carbons (Fsp3) is 0.133. The minimum atomic E-state index is -6.87. The van der Waals surface area contributed by atoms with Gasteiger partial charge in [-0.25, -0.2) is 4.18 Å². The van der Waals surface area contributed by atoms with Crippen LogP contribution in [0.1, 0.15) is 131 Å². The summed E-state index contributed by atoms with van der Waals surface area (Å²) in [7, 11) is -6.87. The maximum Gasteiger partial charge on any atom is 0.398 e. The van der Waals surface area contributed by atoms with Crippen molar-refractivity contribution >= 4 is 45.1 Å². The lowest BCUT2D eigenvalue weighted by Gasteiger charge is -2.74. The highest BCUT2D eigenvalue weighted by Crippen LogP contribution is 2.74. The average Bonchev–Trinajstić information content (AvgIpc) is 0.629. The highest BCUT2D eigenvalue weighted by Gasteiger charge is 2.93. The Balaban J connectivity index is 1.44. The lowest BCUT2D eigenvalue weighted by molar-refractivity contribution is -0.478. The molecule has 1 aliphatic rings. The standard InChI is InChI=1S/C90H72O15S/c91-79(67-49-25-7-26-50-67)73(61-37-13-1-14-38-61)85(97)86(74(62-39-15-2-16-40-62)80(92)68-51-27-8-28-52-68)87(98,75(63-41-17-3-18-42-63)81(93)69-53-29-9-30-54-69)89(105-106(101,102)103,77(65-45-21-5-22-46-65)83(95)71-57-33-11-34-58-71)88(99,76(64-43-19-4-20-44-64)82(94)70-55-31-10-32-56-70)90(100,104-86)78(66-47-23-6-24-48-66)84(96)72-59-35-12-36-60-72/h1-60,73-78,85,97-100H,(H,101,102,103)/t73?,74?,75?,76?,77?,78?,85?,86-,87+,88-,89+,90-/m1/s1. The third kappa shape index (κ3) is 12.9. The Hall–Kier alpha value is -11.7. The van der Waals surface area contributed by atoms with E-state index in [-0.39, 0.29) is 44.5 Å². The van der Waals surface area contributed by atoms with Crippen LogP contribution in [-0.2, 0) is 19.3 Å². The Labute approximate surface area is 613 Å². The quantitative estimate of drug-likeness (QED) is 0.0237. The molecule has 0 aliphatic carbocycles. The van der Waals surface area contributed by atoms with Crippen molar-refractivity contribution < 1.29 is 71.1 Å². The summed E-state index contributed by atoms with van der Waals surface area (Å²) in [4.78, 5) is 106. The molecule has 12 atom stereocenters. The van der Waals surface area contributed by atoms with Gasteiger partial charge in [-0.3, -0.25) is 33.3 Å². The van der Waals surface area contributed by atoms with Gasteiger partial charge in [0.2, 0.25) is 5.79 Å². The van der Waals surface area contributed by atoms with Crippen LogP contribution in [0.3, 0.4) is 0 Å². The predicted octanol–water partition coefficient (Wildman–Crippen LogP) is 14.8. The Kier molecular flexibility index (Phi) is 21.0. The van der Waals surface area contributed by atoms with Crippen molar-refractivity contribution in [1.29, 1.82) is 0 Å². The van der Waals surface area contributed by atoms with E-state index in [0.29, 0.717) is 0 Å². The summed E-state index contributed by atoms with van der Waals surface area (Å²) in [5, 5.41) is 67.8. The molecule has 1 fully saturated rings. The molecule has 0 radical (unpaired) electrons. The first-order valence-electron chi connectivity index (χ1n) is 34.4. The van der Waals surface area contributed by atoms with Crippen LogP contribution in [0.2, 0.25) is 0 Å². The van der Waals surface area contributed by atoms with E-state index in [9.17, 15) is 4.55 Å². The van der Waals surface area contributed by atoms with Gasteiger partial charge in [0.15, 0.2) is 45.9 Å². The molecule has 7 unspecified atom stereocenters. The highest BCUT2D eigenvalue weighted by atomic mass is 32.3. The highest BCUT2D eigenvalue weighted by molar-refractivity contribution is 7.81. The number of ketones is 6. The van der Waals surface area contributed by atoms with E-state index in [4.69, 9.17) is 8.92 Å². The third-order valence-electron chi connectivity index (χ3n) is 20.4. The number of rotatable bonds is 27. The molecule has 0 aromatic heterocycles. The number of Topliss-reactive ketones (excluding diaryl/α,β-unsaturated/α-hetero) is 6. The lowest BCUT2D eigenvalue weighted by atomic mass is 9.40. The summed E-state index contributed by atoms with van der Waals surface area (Å²) in [6.45, 7) is 0. The van der Waals surface area contributed by atoms with E-state index in [2.05, 4.69) is 0 Å². The van der Waals surface area contributed by atoms with Gasteiger partial charge in [-0.15, -0.1) is 0 Å². The van der Waals surface area contributed by atoms with Gasteiger partial charge in [0.1, 0.15) is 23.2 Å². The van der Waals surface area contributed by atoms with E-state index < -0.39 is 137 Å². The largest absolute Gasteiger partial charge is 0.398 e. The fourth-order valence-electron chi connectivity index (χ4n) is 16.0. The van der Waals surface area contributed by atoms with Gasteiger partial charge in [0.05, 0.1) is 29.6 Å². The van der Waals surface area contributed by atoms with E-state index >= 15 is 57.6 Å². The Bertz CT molecular complexity index is 5180. The molecule has 12 aromatic carbocycles. The minimum Gasteiger partial charge on any atom is -0.389 e. The molecule has 15 nitrogen and oxygen atoms in total. The molecule has 12 aromatic rings. The third-order valence-corrected chi connectivity index (χ3v) is 20.9. The molecule has 1 aliphatic heterocycles. The van der Waals surface area contributed by atoms with Crippen molar-refractivity contribution in [3.05, 3.63) is 431 Å². The number of carbonyl (C=O) groups is 6. The summed E-state index contributed by atoms with van der Waals surface area (Å²) in [5.41, 5.74) is -22.1. The number of ether oxygens (including phenoxy) is 1. The first-order chi connectivity index (χ1) is 51.3. The van der Waals surface area contributed by atoms with Crippen LogP contribution in [0, 0.1) is 0 Å². The molecule has 528 valence electrons. The Morgan fingerprint density at radius 2 is 0.500 bits per heavy atom. The van der Waals surface area contributed by atoms with Crippen molar-refractivity contribution in [3.63, 3.8) is 0 Å². The predicted molar refractivity (Wildman–Crippen MR) is 400 cm³/mol. The number of hydrogen-bond acceptors (Lipinski definition) is 14. The number of benzene rings is 12. The van der Waals surface area contributed by atoms with Gasteiger partial charge in [-0.1, -0.05) is 364 Å². The molecule has 106 heavy (non-hydrogen) atoms. The monoisotopic (exact) mass is 1420 g/mol. The van der Waals surface area contributed by atoms with Crippen LogP contribution in [0.4, 0.5) is 0 Å². The summed E-state index contributed by atoms with van der Waals surface area (Å²) >= 11 is 0. The molecule has 0 bridgehead atoms. The molecule has 1 heterocycles. The molecule has 13 rings (SSSR count). The molecular formula is C90H72O15S. The zero-order valence-corrected chi connectivity index (χ0v) is 57.7. The number of aliphatic hydroxyl groups is 4. The van der Waals surface area contributed by atoms with Crippen molar-refractivity contribution in [2.75, 3.05) is 0 Å². The smallest absolute Gasteiger partial charge is 0.389 e. The van der Waals surface area contributed by atoms with Gasteiger partial charge in [0, 0.05) is 33.4 Å². The zero-order chi connectivity index (χ0) is 74.3. The normalized spacial score (nSPS) is 21.3. The van der Waals surface area contributed by atoms with Crippen LogP contribution in [-0.4, -0.2) is 102 Å². The molecule has 16 heteroatoms. The second kappa shape index (κ2) is 30.6. The lowest BCUT2D eigenvalue weighted by Crippen LogP contribution is -2.95. The van der Waals surface area contributed by atoms with Crippen LogP contribution >= 0.6 is 0 Å². The molecule has 1 saturated heterocycles. The average molecular weight is 1430 g/mol.